The molecule has 5 heterocycles. The standard InChI is InChI=1S/C19H18N6OS/c1-2-16(27-7-1)18-15(9-21-23-18)12-25-10-13(11-25)8-17-22-19(24-26-17)14-3-5-20-6-4-14/h1-7,9,13H,8,10-12H2,(H,21,23). The lowest BCUT2D eigenvalue weighted by Gasteiger charge is -2.38. The van der Waals surface area contributed by atoms with Gasteiger partial charge in [0.05, 0.1) is 16.8 Å². The van der Waals surface area contributed by atoms with Gasteiger partial charge in [-0.05, 0) is 29.5 Å². The number of likely N-dealkylation sites (tertiary alicyclic amines) is 1. The Morgan fingerprint density at radius 1 is 1.22 bits per heavy atom. The fourth-order valence-corrected chi connectivity index (χ4v) is 4.20. The maximum atomic E-state index is 5.42. The minimum absolute atomic E-state index is 0.549. The maximum absolute atomic E-state index is 5.42. The molecule has 0 spiro atoms. The fourth-order valence-electron chi connectivity index (χ4n) is 3.44. The minimum Gasteiger partial charge on any atom is -0.339 e. The van der Waals surface area contributed by atoms with Crippen molar-refractivity contribution in [1.29, 1.82) is 0 Å². The molecule has 0 aliphatic carbocycles. The van der Waals surface area contributed by atoms with E-state index in [1.807, 2.05) is 18.3 Å². The summed E-state index contributed by atoms with van der Waals surface area (Å²) in [6, 6.07) is 7.96. The Morgan fingerprint density at radius 3 is 2.93 bits per heavy atom. The van der Waals surface area contributed by atoms with Gasteiger partial charge in [0, 0.05) is 49.6 Å². The van der Waals surface area contributed by atoms with Gasteiger partial charge in [0.1, 0.15) is 0 Å². The quantitative estimate of drug-likeness (QED) is 0.554. The van der Waals surface area contributed by atoms with E-state index in [2.05, 4.69) is 47.7 Å². The number of pyridine rings is 1. The first-order valence-corrected chi connectivity index (χ1v) is 9.74. The Balaban J connectivity index is 1.17. The van der Waals surface area contributed by atoms with E-state index in [0.29, 0.717) is 17.6 Å². The van der Waals surface area contributed by atoms with Crippen molar-refractivity contribution in [2.75, 3.05) is 13.1 Å². The average molecular weight is 378 g/mol. The van der Waals surface area contributed by atoms with Crippen LogP contribution in [0.15, 0.2) is 52.8 Å². The third-order valence-electron chi connectivity index (χ3n) is 4.78. The lowest BCUT2D eigenvalue weighted by molar-refractivity contribution is 0.0868. The molecule has 0 bridgehead atoms. The molecule has 1 aliphatic heterocycles. The van der Waals surface area contributed by atoms with E-state index in [1.165, 1.54) is 10.4 Å². The highest BCUT2D eigenvalue weighted by Crippen LogP contribution is 2.29. The van der Waals surface area contributed by atoms with E-state index >= 15 is 0 Å². The Morgan fingerprint density at radius 2 is 2.11 bits per heavy atom. The molecular weight excluding hydrogens is 360 g/mol. The predicted octanol–water partition coefficient (Wildman–Crippen LogP) is 3.26. The molecule has 7 nitrogen and oxygen atoms in total. The maximum Gasteiger partial charge on any atom is 0.227 e. The van der Waals surface area contributed by atoms with Crippen LogP contribution in [0.4, 0.5) is 0 Å². The van der Waals surface area contributed by atoms with Crippen molar-refractivity contribution < 1.29 is 4.52 Å². The first kappa shape index (κ1) is 16.3. The normalized spacial score (nSPS) is 15.1. The fraction of sp³-hybridized carbons (Fsp3) is 0.263. The van der Waals surface area contributed by atoms with Crippen molar-refractivity contribution in [3.8, 4) is 22.0 Å². The summed E-state index contributed by atoms with van der Waals surface area (Å²) in [6.07, 6.45) is 6.21. The van der Waals surface area contributed by atoms with E-state index in [-0.39, 0.29) is 0 Å². The van der Waals surface area contributed by atoms with Gasteiger partial charge >= 0.3 is 0 Å². The van der Waals surface area contributed by atoms with E-state index in [9.17, 15) is 0 Å². The molecule has 0 atom stereocenters. The second kappa shape index (κ2) is 7.05. The first-order valence-electron chi connectivity index (χ1n) is 8.86. The minimum atomic E-state index is 0.549. The molecule has 8 heteroatoms. The molecule has 0 radical (unpaired) electrons. The Hall–Kier alpha value is -2.84. The first-order chi connectivity index (χ1) is 13.3. The van der Waals surface area contributed by atoms with Gasteiger partial charge < -0.3 is 4.52 Å². The zero-order chi connectivity index (χ0) is 18.1. The third kappa shape index (κ3) is 3.41. The van der Waals surface area contributed by atoms with Gasteiger partial charge in [-0.1, -0.05) is 11.2 Å². The number of aromatic nitrogens is 5. The van der Waals surface area contributed by atoms with E-state index in [4.69, 9.17) is 4.52 Å². The number of hydrogen-bond acceptors (Lipinski definition) is 7. The van der Waals surface area contributed by atoms with Crippen molar-refractivity contribution >= 4 is 11.3 Å². The van der Waals surface area contributed by atoms with E-state index < -0.39 is 0 Å². The number of rotatable bonds is 6. The molecule has 4 aromatic rings. The SMILES string of the molecule is c1csc(-c2[nH]ncc2CN2CC(Cc3nc(-c4ccncc4)no3)C2)c1. The summed E-state index contributed by atoms with van der Waals surface area (Å²) >= 11 is 1.73. The Bertz CT molecular complexity index is 1000. The number of thiophene rings is 1. The molecule has 0 amide bonds. The van der Waals surface area contributed by atoms with Gasteiger partial charge in [-0.25, -0.2) is 0 Å². The molecule has 1 fully saturated rings. The summed E-state index contributed by atoms with van der Waals surface area (Å²) < 4.78 is 5.42. The lowest BCUT2D eigenvalue weighted by atomic mass is 9.95. The van der Waals surface area contributed by atoms with Crippen LogP contribution in [0.5, 0.6) is 0 Å². The smallest absolute Gasteiger partial charge is 0.227 e. The molecule has 5 rings (SSSR count). The molecule has 1 N–H and O–H groups in total. The van der Waals surface area contributed by atoms with Gasteiger partial charge in [0.25, 0.3) is 0 Å². The van der Waals surface area contributed by atoms with Crippen LogP contribution in [0, 0.1) is 5.92 Å². The van der Waals surface area contributed by atoms with Crippen molar-refractivity contribution in [3.05, 3.63) is 59.7 Å². The molecule has 1 aliphatic rings. The van der Waals surface area contributed by atoms with Gasteiger partial charge in [0.2, 0.25) is 11.7 Å². The molecule has 0 aromatic carbocycles. The van der Waals surface area contributed by atoms with E-state index in [1.54, 1.807) is 23.7 Å². The number of hydrogen-bond donors (Lipinski definition) is 1. The summed E-state index contributed by atoms with van der Waals surface area (Å²) in [5.41, 5.74) is 3.30. The van der Waals surface area contributed by atoms with Gasteiger partial charge in [-0.3, -0.25) is 15.0 Å². The molecule has 27 heavy (non-hydrogen) atoms. The Labute approximate surface area is 160 Å². The Kier molecular flexibility index (Phi) is 4.27. The number of aromatic amines is 1. The van der Waals surface area contributed by atoms with Crippen LogP contribution in [-0.2, 0) is 13.0 Å². The summed E-state index contributed by atoms with van der Waals surface area (Å²) in [5.74, 6) is 1.88. The summed E-state index contributed by atoms with van der Waals surface area (Å²) in [5, 5.41) is 13.5. The zero-order valence-corrected chi connectivity index (χ0v) is 15.4. The van der Waals surface area contributed by atoms with Crippen LogP contribution >= 0.6 is 11.3 Å². The molecule has 0 saturated carbocycles. The summed E-state index contributed by atoms with van der Waals surface area (Å²) in [6.45, 7) is 2.97. The van der Waals surface area contributed by atoms with Gasteiger partial charge in [-0.2, -0.15) is 10.1 Å². The topological polar surface area (TPSA) is 83.7 Å². The van der Waals surface area contributed by atoms with Crippen LogP contribution in [0.25, 0.3) is 22.0 Å². The highest BCUT2D eigenvalue weighted by molar-refractivity contribution is 7.13. The average Bonchev–Trinajstić information content (AvgIpc) is 3.42. The van der Waals surface area contributed by atoms with Crippen LogP contribution in [-0.4, -0.2) is 43.3 Å². The predicted molar refractivity (Wildman–Crippen MR) is 102 cm³/mol. The van der Waals surface area contributed by atoms with Crippen molar-refractivity contribution in [3.63, 3.8) is 0 Å². The highest BCUT2D eigenvalue weighted by atomic mass is 32.1. The van der Waals surface area contributed by atoms with Crippen LogP contribution in [0.2, 0.25) is 0 Å². The third-order valence-corrected chi connectivity index (χ3v) is 5.67. The number of H-pyrrole nitrogens is 1. The van der Waals surface area contributed by atoms with Gasteiger partial charge in [-0.15, -0.1) is 11.3 Å². The molecule has 0 unspecified atom stereocenters. The van der Waals surface area contributed by atoms with Crippen LogP contribution < -0.4 is 0 Å². The van der Waals surface area contributed by atoms with Crippen LogP contribution in [0.1, 0.15) is 11.5 Å². The summed E-state index contributed by atoms with van der Waals surface area (Å²) in [4.78, 5) is 12.2. The second-order valence-electron chi connectivity index (χ2n) is 6.76. The van der Waals surface area contributed by atoms with E-state index in [0.717, 1.165) is 37.3 Å². The summed E-state index contributed by atoms with van der Waals surface area (Å²) in [7, 11) is 0. The van der Waals surface area contributed by atoms with Crippen LogP contribution in [0.3, 0.4) is 0 Å². The monoisotopic (exact) mass is 378 g/mol. The number of nitrogens with one attached hydrogen (secondary N) is 1. The lowest BCUT2D eigenvalue weighted by Crippen LogP contribution is -2.46. The van der Waals surface area contributed by atoms with Crippen molar-refractivity contribution in [1.82, 2.24) is 30.2 Å². The largest absolute Gasteiger partial charge is 0.339 e. The molecule has 4 aromatic heterocycles. The number of nitrogens with zero attached hydrogens (tertiary/aromatic N) is 5. The molecule has 1 saturated heterocycles. The highest BCUT2D eigenvalue weighted by Gasteiger charge is 2.29. The second-order valence-corrected chi connectivity index (χ2v) is 7.71. The molecular formula is C19H18N6OS. The zero-order valence-electron chi connectivity index (χ0n) is 14.6. The van der Waals surface area contributed by atoms with Crippen molar-refractivity contribution in [2.45, 2.75) is 13.0 Å². The van der Waals surface area contributed by atoms with Crippen molar-refractivity contribution in [2.24, 2.45) is 5.92 Å². The van der Waals surface area contributed by atoms with Gasteiger partial charge in [0.15, 0.2) is 0 Å². The molecule has 136 valence electrons.